The summed E-state index contributed by atoms with van der Waals surface area (Å²) in [5.41, 5.74) is 1.34. The van der Waals surface area contributed by atoms with Crippen molar-refractivity contribution in [1.82, 2.24) is 0 Å². The van der Waals surface area contributed by atoms with E-state index in [2.05, 4.69) is 41.1 Å². The van der Waals surface area contributed by atoms with Gasteiger partial charge in [-0.25, -0.2) is 0 Å². The highest BCUT2D eigenvalue weighted by Crippen LogP contribution is 2.58. The Morgan fingerprint density at radius 1 is 1.05 bits per heavy atom. The standard InChI is InChI=1S/C17H21BrO2/c1-10-8-19-15-3-2-11(7-16(15)20-9-10)17(18)14-5-12-4-13(12)6-14/h2-3,7,10,12-14,17H,4-6,8-9H2,1H3. The zero-order valence-electron chi connectivity index (χ0n) is 11.8. The number of ether oxygens (including phenoxy) is 2. The Bertz CT molecular complexity index is 506. The van der Waals surface area contributed by atoms with Crippen molar-refractivity contribution in [2.75, 3.05) is 13.2 Å². The first-order chi connectivity index (χ1) is 9.70. The van der Waals surface area contributed by atoms with E-state index >= 15 is 0 Å². The molecule has 0 spiro atoms. The summed E-state index contributed by atoms with van der Waals surface area (Å²) in [5.74, 6) is 5.11. The minimum absolute atomic E-state index is 0.451. The van der Waals surface area contributed by atoms with Crippen molar-refractivity contribution in [1.29, 1.82) is 0 Å². The summed E-state index contributed by atoms with van der Waals surface area (Å²) in [6.45, 7) is 3.65. The molecule has 3 heteroatoms. The fourth-order valence-electron chi connectivity index (χ4n) is 3.71. The summed E-state index contributed by atoms with van der Waals surface area (Å²) in [5, 5.41) is 0. The van der Waals surface area contributed by atoms with Crippen molar-refractivity contribution in [2.24, 2.45) is 23.7 Å². The van der Waals surface area contributed by atoms with Gasteiger partial charge in [0, 0.05) is 10.7 Å². The van der Waals surface area contributed by atoms with Gasteiger partial charge in [0.15, 0.2) is 11.5 Å². The summed E-state index contributed by atoms with van der Waals surface area (Å²) < 4.78 is 11.7. The van der Waals surface area contributed by atoms with Gasteiger partial charge in [-0.2, -0.15) is 0 Å². The third kappa shape index (κ3) is 2.34. The van der Waals surface area contributed by atoms with E-state index in [-0.39, 0.29) is 0 Å². The topological polar surface area (TPSA) is 18.5 Å². The molecule has 1 aromatic rings. The Kier molecular flexibility index (Phi) is 3.21. The Balaban J connectivity index is 1.54. The average molecular weight is 337 g/mol. The quantitative estimate of drug-likeness (QED) is 0.736. The van der Waals surface area contributed by atoms with E-state index in [0.29, 0.717) is 10.7 Å². The largest absolute Gasteiger partial charge is 0.489 e. The zero-order valence-corrected chi connectivity index (χ0v) is 13.4. The first-order valence-electron chi connectivity index (χ1n) is 7.74. The molecule has 0 aromatic heterocycles. The van der Waals surface area contributed by atoms with Crippen LogP contribution in [0.4, 0.5) is 0 Å². The highest BCUT2D eigenvalue weighted by atomic mass is 79.9. The molecule has 0 amide bonds. The number of benzene rings is 1. The van der Waals surface area contributed by atoms with Crippen molar-refractivity contribution in [3.05, 3.63) is 23.8 Å². The van der Waals surface area contributed by atoms with Crippen molar-refractivity contribution < 1.29 is 9.47 Å². The Morgan fingerprint density at radius 2 is 1.75 bits per heavy atom. The fourth-order valence-corrected chi connectivity index (χ4v) is 4.43. The van der Waals surface area contributed by atoms with Crippen molar-refractivity contribution in [3.8, 4) is 11.5 Å². The molecule has 2 fully saturated rings. The van der Waals surface area contributed by atoms with Gasteiger partial charge in [0.2, 0.25) is 0 Å². The number of fused-ring (bicyclic) bond motifs is 2. The van der Waals surface area contributed by atoms with Crippen molar-refractivity contribution in [3.63, 3.8) is 0 Å². The number of hydrogen-bond acceptors (Lipinski definition) is 2. The lowest BCUT2D eigenvalue weighted by Crippen LogP contribution is -2.12. The third-order valence-corrected chi connectivity index (χ3v) is 6.30. The second-order valence-electron chi connectivity index (χ2n) is 6.82. The number of halogens is 1. The molecule has 0 N–H and O–H groups in total. The minimum Gasteiger partial charge on any atom is -0.489 e. The average Bonchev–Trinajstić information content (AvgIpc) is 3.13. The normalized spacial score (nSPS) is 36.1. The molecule has 0 saturated heterocycles. The molecule has 4 rings (SSSR count). The zero-order chi connectivity index (χ0) is 13.7. The van der Waals surface area contributed by atoms with Crippen LogP contribution >= 0.6 is 15.9 Å². The van der Waals surface area contributed by atoms with Gasteiger partial charge in [-0.15, -0.1) is 0 Å². The van der Waals surface area contributed by atoms with Crippen LogP contribution in [0.3, 0.4) is 0 Å². The van der Waals surface area contributed by atoms with E-state index in [1.807, 2.05) is 0 Å². The molecule has 2 nitrogen and oxygen atoms in total. The summed E-state index contributed by atoms with van der Waals surface area (Å²) >= 11 is 3.92. The minimum atomic E-state index is 0.451. The first kappa shape index (κ1) is 13.0. The van der Waals surface area contributed by atoms with Crippen LogP contribution in [-0.4, -0.2) is 13.2 Å². The molecule has 108 valence electrons. The molecule has 1 aliphatic heterocycles. The molecule has 4 atom stereocenters. The lowest BCUT2D eigenvalue weighted by atomic mass is 9.94. The molecule has 2 saturated carbocycles. The smallest absolute Gasteiger partial charge is 0.161 e. The molecule has 4 unspecified atom stereocenters. The molecule has 3 aliphatic rings. The van der Waals surface area contributed by atoms with E-state index in [9.17, 15) is 0 Å². The van der Waals surface area contributed by atoms with E-state index in [1.54, 1.807) is 0 Å². The van der Waals surface area contributed by atoms with Gasteiger partial charge >= 0.3 is 0 Å². The van der Waals surface area contributed by atoms with E-state index in [0.717, 1.165) is 42.5 Å². The third-order valence-electron chi connectivity index (χ3n) is 5.03. The second kappa shape index (κ2) is 4.94. The predicted octanol–water partition coefficient (Wildman–Crippen LogP) is 4.58. The highest BCUT2D eigenvalue weighted by molar-refractivity contribution is 9.09. The van der Waals surface area contributed by atoms with E-state index < -0.39 is 0 Å². The molecule has 0 radical (unpaired) electrons. The molecule has 1 aromatic carbocycles. The Morgan fingerprint density at radius 3 is 2.50 bits per heavy atom. The van der Waals surface area contributed by atoms with Gasteiger partial charge < -0.3 is 9.47 Å². The maximum atomic E-state index is 5.90. The second-order valence-corrected chi connectivity index (χ2v) is 7.81. The molecule has 2 aliphatic carbocycles. The van der Waals surface area contributed by atoms with Gasteiger partial charge in [0.1, 0.15) is 0 Å². The van der Waals surface area contributed by atoms with E-state index in [1.165, 1.54) is 24.8 Å². The van der Waals surface area contributed by atoms with Crippen molar-refractivity contribution in [2.45, 2.75) is 31.0 Å². The molecule has 1 heterocycles. The van der Waals surface area contributed by atoms with Crippen LogP contribution in [0.25, 0.3) is 0 Å². The Labute approximate surface area is 129 Å². The van der Waals surface area contributed by atoms with Gasteiger partial charge in [-0.05, 0) is 54.7 Å². The monoisotopic (exact) mass is 336 g/mol. The SMILES string of the molecule is CC1COc2ccc(C(Br)C3CC4CC4C3)cc2OC1. The molecule has 20 heavy (non-hydrogen) atoms. The van der Waals surface area contributed by atoms with Crippen LogP contribution in [-0.2, 0) is 0 Å². The van der Waals surface area contributed by atoms with Crippen LogP contribution in [0.15, 0.2) is 18.2 Å². The van der Waals surface area contributed by atoms with Crippen LogP contribution in [0.2, 0.25) is 0 Å². The van der Waals surface area contributed by atoms with Gasteiger partial charge in [0.25, 0.3) is 0 Å². The molecular formula is C17H21BrO2. The van der Waals surface area contributed by atoms with Gasteiger partial charge in [0.05, 0.1) is 13.2 Å². The van der Waals surface area contributed by atoms with Crippen LogP contribution in [0.5, 0.6) is 11.5 Å². The first-order valence-corrected chi connectivity index (χ1v) is 8.66. The molecule has 0 bridgehead atoms. The van der Waals surface area contributed by atoms with Gasteiger partial charge in [-0.1, -0.05) is 28.9 Å². The molecular weight excluding hydrogens is 316 g/mol. The van der Waals surface area contributed by atoms with Crippen molar-refractivity contribution >= 4 is 15.9 Å². The summed E-state index contributed by atoms with van der Waals surface area (Å²) in [6.07, 6.45) is 4.27. The Hall–Kier alpha value is -0.700. The van der Waals surface area contributed by atoms with Crippen LogP contribution < -0.4 is 9.47 Å². The summed E-state index contributed by atoms with van der Waals surface area (Å²) in [7, 11) is 0. The highest BCUT2D eigenvalue weighted by Gasteiger charge is 2.47. The fraction of sp³-hybridized carbons (Fsp3) is 0.647. The van der Waals surface area contributed by atoms with Gasteiger partial charge in [-0.3, -0.25) is 0 Å². The van der Waals surface area contributed by atoms with E-state index in [4.69, 9.17) is 9.47 Å². The predicted molar refractivity (Wildman–Crippen MR) is 82.6 cm³/mol. The maximum Gasteiger partial charge on any atom is 0.161 e. The van der Waals surface area contributed by atoms with Crippen LogP contribution in [0, 0.1) is 23.7 Å². The lowest BCUT2D eigenvalue weighted by Gasteiger charge is -2.20. The number of rotatable bonds is 2. The summed E-state index contributed by atoms with van der Waals surface area (Å²) in [6, 6.07) is 6.45. The maximum absolute atomic E-state index is 5.90. The number of alkyl halides is 1. The summed E-state index contributed by atoms with van der Waals surface area (Å²) in [4.78, 5) is 0.463. The number of hydrogen-bond donors (Lipinski definition) is 0. The lowest BCUT2D eigenvalue weighted by molar-refractivity contribution is 0.228. The van der Waals surface area contributed by atoms with Crippen LogP contribution in [0.1, 0.15) is 36.6 Å².